The number of anilines is 1. The number of hydrogen-bond donors (Lipinski definition) is 1. The molecule has 1 heterocycles. The summed E-state index contributed by atoms with van der Waals surface area (Å²) in [5.41, 5.74) is 0.674. The van der Waals surface area contributed by atoms with Crippen molar-refractivity contribution in [2.45, 2.75) is 32.2 Å². The predicted octanol–water partition coefficient (Wildman–Crippen LogP) is 2.52. The lowest BCUT2D eigenvalue weighted by molar-refractivity contribution is -0.118. The molecule has 1 aliphatic heterocycles. The minimum atomic E-state index is -0.00721. The molecule has 1 aromatic rings. The minimum Gasteiger partial charge on any atom is -0.497 e. The number of methoxy groups -OCH3 is 2. The van der Waals surface area contributed by atoms with Gasteiger partial charge in [-0.1, -0.05) is 6.42 Å². The molecule has 1 atom stereocenters. The third kappa shape index (κ3) is 4.11. The molecule has 0 radical (unpaired) electrons. The zero-order valence-electron chi connectivity index (χ0n) is 13.0. The van der Waals surface area contributed by atoms with Gasteiger partial charge in [0, 0.05) is 12.1 Å². The summed E-state index contributed by atoms with van der Waals surface area (Å²) in [5.74, 6) is 1.30. The fourth-order valence-corrected chi connectivity index (χ4v) is 2.67. The summed E-state index contributed by atoms with van der Waals surface area (Å²) in [6.45, 7) is 3.60. The van der Waals surface area contributed by atoms with Crippen LogP contribution in [0.1, 0.15) is 26.2 Å². The topological polar surface area (TPSA) is 50.8 Å². The molecule has 0 aromatic heterocycles. The largest absolute Gasteiger partial charge is 0.497 e. The van der Waals surface area contributed by atoms with E-state index < -0.39 is 0 Å². The third-order valence-corrected chi connectivity index (χ3v) is 3.97. The number of nitrogens with one attached hydrogen (secondary N) is 1. The van der Waals surface area contributed by atoms with E-state index in [1.54, 1.807) is 26.4 Å². The Kier molecular flexibility index (Phi) is 5.44. The average molecular weight is 292 g/mol. The molecular formula is C16H24N2O3. The van der Waals surface area contributed by atoms with E-state index >= 15 is 0 Å². The smallest absolute Gasteiger partial charge is 0.238 e. The van der Waals surface area contributed by atoms with E-state index in [0.29, 0.717) is 29.8 Å². The van der Waals surface area contributed by atoms with Crippen LogP contribution >= 0.6 is 0 Å². The molecule has 0 unspecified atom stereocenters. The van der Waals surface area contributed by atoms with Crippen molar-refractivity contribution in [3.05, 3.63) is 18.2 Å². The van der Waals surface area contributed by atoms with Crippen molar-refractivity contribution in [2.75, 3.05) is 32.6 Å². The van der Waals surface area contributed by atoms with Crippen LogP contribution in [0.15, 0.2) is 18.2 Å². The number of likely N-dealkylation sites (tertiary alicyclic amines) is 1. The molecule has 0 saturated carbocycles. The molecule has 21 heavy (non-hydrogen) atoms. The Hall–Kier alpha value is -1.75. The molecule has 1 aromatic carbocycles. The van der Waals surface area contributed by atoms with Crippen molar-refractivity contribution in [1.29, 1.82) is 0 Å². The van der Waals surface area contributed by atoms with Crippen LogP contribution in [0.5, 0.6) is 11.5 Å². The molecule has 5 heteroatoms. The number of carbonyl (C=O) groups is 1. The van der Waals surface area contributed by atoms with Crippen molar-refractivity contribution >= 4 is 11.6 Å². The highest BCUT2D eigenvalue weighted by atomic mass is 16.5. The van der Waals surface area contributed by atoms with Crippen molar-refractivity contribution in [2.24, 2.45) is 0 Å². The van der Waals surface area contributed by atoms with Gasteiger partial charge in [-0.3, -0.25) is 9.69 Å². The first-order chi connectivity index (χ1) is 10.1. The number of rotatable bonds is 5. The number of benzene rings is 1. The number of carbonyl (C=O) groups excluding carboxylic acids is 1. The van der Waals surface area contributed by atoms with Crippen LogP contribution in [-0.2, 0) is 4.79 Å². The van der Waals surface area contributed by atoms with E-state index in [-0.39, 0.29) is 5.91 Å². The summed E-state index contributed by atoms with van der Waals surface area (Å²) in [4.78, 5) is 14.4. The lowest BCUT2D eigenvalue weighted by atomic mass is 10.0. The normalized spacial score (nSPS) is 19.1. The fraction of sp³-hybridized carbons (Fsp3) is 0.562. The summed E-state index contributed by atoms with van der Waals surface area (Å²) >= 11 is 0. The third-order valence-electron chi connectivity index (χ3n) is 3.97. The summed E-state index contributed by atoms with van der Waals surface area (Å²) in [6.07, 6.45) is 3.59. The van der Waals surface area contributed by atoms with Gasteiger partial charge in [0.1, 0.15) is 11.5 Å². The first-order valence-electron chi connectivity index (χ1n) is 7.40. The van der Waals surface area contributed by atoms with E-state index in [1.807, 2.05) is 6.07 Å². The van der Waals surface area contributed by atoms with Gasteiger partial charge in [0.2, 0.25) is 5.91 Å². The summed E-state index contributed by atoms with van der Waals surface area (Å²) in [6, 6.07) is 5.85. The van der Waals surface area contributed by atoms with Gasteiger partial charge in [-0.2, -0.15) is 0 Å². The molecular weight excluding hydrogens is 268 g/mol. The number of ether oxygens (including phenoxy) is 2. The zero-order valence-corrected chi connectivity index (χ0v) is 13.0. The van der Waals surface area contributed by atoms with Crippen LogP contribution in [0.3, 0.4) is 0 Å². The first-order valence-corrected chi connectivity index (χ1v) is 7.40. The highest BCUT2D eigenvalue weighted by Gasteiger charge is 2.21. The average Bonchev–Trinajstić information content (AvgIpc) is 2.50. The highest BCUT2D eigenvalue weighted by Crippen LogP contribution is 2.29. The minimum absolute atomic E-state index is 0.00721. The second kappa shape index (κ2) is 7.31. The molecule has 1 fully saturated rings. The molecule has 1 saturated heterocycles. The number of nitrogens with zero attached hydrogens (tertiary/aromatic N) is 1. The van der Waals surface area contributed by atoms with Crippen LogP contribution in [0.4, 0.5) is 5.69 Å². The van der Waals surface area contributed by atoms with Crippen molar-refractivity contribution in [3.63, 3.8) is 0 Å². The zero-order chi connectivity index (χ0) is 15.2. The Bertz CT molecular complexity index is 490. The van der Waals surface area contributed by atoms with Crippen LogP contribution in [0, 0.1) is 0 Å². The monoisotopic (exact) mass is 292 g/mol. The van der Waals surface area contributed by atoms with Crippen molar-refractivity contribution < 1.29 is 14.3 Å². The summed E-state index contributed by atoms with van der Waals surface area (Å²) in [5, 5.41) is 2.92. The van der Waals surface area contributed by atoms with Gasteiger partial charge in [-0.25, -0.2) is 0 Å². The summed E-state index contributed by atoms with van der Waals surface area (Å²) < 4.78 is 10.4. The summed E-state index contributed by atoms with van der Waals surface area (Å²) in [7, 11) is 3.18. The van der Waals surface area contributed by atoms with Crippen LogP contribution in [0.2, 0.25) is 0 Å². The first kappa shape index (κ1) is 15.6. The quantitative estimate of drug-likeness (QED) is 0.906. The second-order valence-corrected chi connectivity index (χ2v) is 5.43. The van der Waals surface area contributed by atoms with Crippen LogP contribution in [0.25, 0.3) is 0 Å². The van der Waals surface area contributed by atoms with Gasteiger partial charge in [0.05, 0.1) is 26.5 Å². The molecule has 0 bridgehead atoms. The molecule has 116 valence electrons. The molecule has 2 rings (SSSR count). The van der Waals surface area contributed by atoms with Gasteiger partial charge in [-0.15, -0.1) is 0 Å². The highest BCUT2D eigenvalue weighted by molar-refractivity contribution is 5.93. The Balaban J connectivity index is 1.98. The maximum Gasteiger partial charge on any atom is 0.238 e. The van der Waals surface area contributed by atoms with Crippen LogP contribution in [-0.4, -0.2) is 44.2 Å². The standard InChI is InChI=1S/C16H24N2O3/c1-12-6-4-5-9-18(12)11-16(19)17-14-8-7-13(20-2)10-15(14)21-3/h7-8,10,12H,4-6,9,11H2,1-3H3,(H,17,19)/t12-/m0/s1. The Morgan fingerprint density at radius 1 is 1.33 bits per heavy atom. The van der Waals surface area contributed by atoms with Crippen molar-refractivity contribution in [3.8, 4) is 11.5 Å². The number of amides is 1. The Morgan fingerprint density at radius 3 is 2.81 bits per heavy atom. The van der Waals surface area contributed by atoms with Crippen molar-refractivity contribution in [1.82, 2.24) is 4.90 Å². The number of piperidine rings is 1. The maximum absolute atomic E-state index is 12.2. The van der Waals surface area contributed by atoms with Gasteiger partial charge < -0.3 is 14.8 Å². The van der Waals surface area contributed by atoms with E-state index in [9.17, 15) is 4.79 Å². The number of hydrogen-bond acceptors (Lipinski definition) is 4. The molecule has 1 N–H and O–H groups in total. The molecule has 1 aliphatic rings. The van der Waals surface area contributed by atoms with E-state index in [0.717, 1.165) is 6.54 Å². The molecule has 0 aliphatic carbocycles. The molecule has 0 spiro atoms. The van der Waals surface area contributed by atoms with E-state index in [1.165, 1.54) is 19.3 Å². The van der Waals surface area contributed by atoms with Gasteiger partial charge in [0.15, 0.2) is 0 Å². The lowest BCUT2D eigenvalue weighted by Gasteiger charge is -2.32. The predicted molar refractivity (Wildman–Crippen MR) is 83.1 cm³/mol. The van der Waals surface area contributed by atoms with E-state index in [2.05, 4.69) is 17.1 Å². The van der Waals surface area contributed by atoms with Gasteiger partial charge in [-0.05, 0) is 38.4 Å². The Morgan fingerprint density at radius 2 is 2.14 bits per heavy atom. The second-order valence-electron chi connectivity index (χ2n) is 5.43. The maximum atomic E-state index is 12.2. The van der Waals surface area contributed by atoms with Gasteiger partial charge in [0.25, 0.3) is 0 Å². The SMILES string of the molecule is COc1ccc(NC(=O)CN2CCCC[C@@H]2C)c(OC)c1. The lowest BCUT2D eigenvalue weighted by Crippen LogP contribution is -2.42. The molecule has 5 nitrogen and oxygen atoms in total. The van der Waals surface area contributed by atoms with Gasteiger partial charge >= 0.3 is 0 Å². The van der Waals surface area contributed by atoms with E-state index in [4.69, 9.17) is 9.47 Å². The Labute approximate surface area is 126 Å². The molecule has 1 amide bonds. The van der Waals surface area contributed by atoms with Crippen LogP contribution < -0.4 is 14.8 Å². The fourth-order valence-electron chi connectivity index (χ4n) is 2.67.